The minimum atomic E-state index is -0.236. The standard InChI is InChI=1S/C15H16N4O2S/c1-19(15-16-7-8-22-15)13(20)10-3-2-4-12(9-10)18-14(21)17-11-5-6-11/h2-4,7-9,11H,5-6H2,1H3,(H2,17,18,21). The SMILES string of the molecule is CN(C(=O)c1cccc(NC(=O)NC2CC2)c1)c1nccs1. The summed E-state index contributed by atoms with van der Waals surface area (Å²) < 4.78 is 0. The second-order valence-electron chi connectivity index (χ2n) is 5.13. The molecule has 1 aromatic carbocycles. The molecule has 0 unspecified atom stereocenters. The lowest BCUT2D eigenvalue weighted by Crippen LogP contribution is -2.30. The van der Waals surface area contributed by atoms with Crippen LogP contribution >= 0.6 is 11.3 Å². The summed E-state index contributed by atoms with van der Waals surface area (Å²) >= 11 is 1.40. The van der Waals surface area contributed by atoms with Gasteiger partial charge in [-0.15, -0.1) is 11.3 Å². The minimum absolute atomic E-state index is 0.166. The van der Waals surface area contributed by atoms with Crippen molar-refractivity contribution in [2.45, 2.75) is 18.9 Å². The number of benzene rings is 1. The largest absolute Gasteiger partial charge is 0.335 e. The van der Waals surface area contributed by atoms with Gasteiger partial charge in [-0.1, -0.05) is 6.07 Å². The molecule has 2 N–H and O–H groups in total. The quantitative estimate of drug-likeness (QED) is 0.910. The van der Waals surface area contributed by atoms with E-state index >= 15 is 0 Å². The predicted octanol–water partition coefficient (Wildman–Crippen LogP) is 2.70. The molecule has 7 heteroatoms. The molecular weight excluding hydrogens is 300 g/mol. The summed E-state index contributed by atoms with van der Waals surface area (Å²) in [6.45, 7) is 0. The van der Waals surface area contributed by atoms with E-state index in [9.17, 15) is 9.59 Å². The molecule has 0 saturated heterocycles. The molecule has 1 saturated carbocycles. The molecule has 1 aromatic heterocycles. The van der Waals surface area contributed by atoms with Crippen molar-refractivity contribution in [3.8, 4) is 0 Å². The van der Waals surface area contributed by atoms with Crippen LogP contribution in [-0.4, -0.2) is 30.0 Å². The average molecular weight is 316 g/mol. The van der Waals surface area contributed by atoms with E-state index in [1.54, 1.807) is 37.5 Å². The molecule has 6 nitrogen and oxygen atoms in total. The number of anilines is 2. The number of hydrogen-bond donors (Lipinski definition) is 2. The molecule has 22 heavy (non-hydrogen) atoms. The van der Waals surface area contributed by atoms with Crippen LogP contribution in [0.5, 0.6) is 0 Å². The number of rotatable bonds is 4. The van der Waals surface area contributed by atoms with Crippen molar-refractivity contribution < 1.29 is 9.59 Å². The molecule has 2 aromatic rings. The van der Waals surface area contributed by atoms with E-state index in [2.05, 4.69) is 15.6 Å². The monoisotopic (exact) mass is 316 g/mol. The highest BCUT2D eigenvalue weighted by atomic mass is 32.1. The van der Waals surface area contributed by atoms with Crippen LogP contribution in [0.2, 0.25) is 0 Å². The maximum atomic E-state index is 12.4. The van der Waals surface area contributed by atoms with E-state index in [0.717, 1.165) is 12.8 Å². The zero-order valence-electron chi connectivity index (χ0n) is 12.1. The van der Waals surface area contributed by atoms with Crippen LogP contribution in [0.1, 0.15) is 23.2 Å². The maximum absolute atomic E-state index is 12.4. The van der Waals surface area contributed by atoms with Crippen molar-refractivity contribution >= 4 is 34.1 Å². The van der Waals surface area contributed by atoms with Gasteiger partial charge in [-0.3, -0.25) is 9.69 Å². The number of aromatic nitrogens is 1. The third-order valence-electron chi connectivity index (χ3n) is 3.29. The van der Waals surface area contributed by atoms with Crippen LogP contribution in [0.4, 0.5) is 15.6 Å². The fourth-order valence-electron chi connectivity index (χ4n) is 1.97. The first-order valence-corrected chi connectivity index (χ1v) is 7.86. The van der Waals surface area contributed by atoms with Gasteiger partial charge < -0.3 is 10.6 Å². The lowest BCUT2D eigenvalue weighted by atomic mass is 10.2. The van der Waals surface area contributed by atoms with Crippen LogP contribution in [0.25, 0.3) is 0 Å². The van der Waals surface area contributed by atoms with Gasteiger partial charge in [-0.25, -0.2) is 9.78 Å². The molecule has 3 rings (SSSR count). The molecule has 1 aliphatic rings. The summed E-state index contributed by atoms with van der Waals surface area (Å²) in [5, 5.41) is 8.04. The summed E-state index contributed by atoms with van der Waals surface area (Å²) in [6.07, 6.45) is 3.72. The fourth-order valence-corrected chi connectivity index (χ4v) is 2.58. The Labute approximate surface area is 132 Å². The number of amides is 3. The highest BCUT2D eigenvalue weighted by Crippen LogP contribution is 2.21. The molecule has 3 amide bonds. The second kappa shape index (κ2) is 6.15. The molecule has 0 radical (unpaired) electrons. The molecule has 0 aliphatic heterocycles. The van der Waals surface area contributed by atoms with Gasteiger partial charge in [0.2, 0.25) is 0 Å². The van der Waals surface area contributed by atoms with Gasteiger partial charge in [-0.05, 0) is 31.0 Å². The van der Waals surface area contributed by atoms with Crippen molar-refractivity contribution in [3.63, 3.8) is 0 Å². The number of hydrogen-bond acceptors (Lipinski definition) is 4. The van der Waals surface area contributed by atoms with E-state index in [1.807, 2.05) is 5.38 Å². The van der Waals surface area contributed by atoms with E-state index in [0.29, 0.717) is 22.4 Å². The Morgan fingerprint density at radius 1 is 1.36 bits per heavy atom. The molecular formula is C15H16N4O2S. The molecule has 1 heterocycles. The third-order valence-corrected chi connectivity index (χ3v) is 4.14. The number of carbonyl (C=O) groups excluding carboxylic acids is 2. The van der Waals surface area contributed by atoms with Gasteiger partial charge >= 0.3 is 6.03 Å². The highest BCUT2D eigenvalue weighted by Gasteiger charge is 2.23. The molecule has 114 valence electrons. The Balaban J connectivity index is 1.69. The smallest absolute Gasteiger partial charge is 0.319 e. The number of urea groups is 1. The molecule has 0 atom stereocenters. The summed E-state index contributed by atoms with van der Waals surface area (Å²) in [4.78, 5) is 29.8. The summed E-state index contributed by atoms with van der Waals surface area (Å²) in [5.41, 5.74) is 1.10. The van der Waals surface area contributed by atoms with Gasteiger partial charge in [0.25, 0.3) is 5.91 Å². The lowest BCUT2D eigenvalue weighted by molar-refractivity contribution is 0.0993. The zero-order valence-corrected chi connectivity index (χ0v) is 12.9. The lowest BCUT2D eigenvalue weighted by Gasteiger charge is -2.14. The van der Waals surface area contributed by atoms with Crippen LogP contribution in [-0.2, 0) is 0 Å². The van der Waals surface area contributed by atoms with Gasteiger partial charge in [-0.2, -0.15) is 0 Å². The van der Waals surface area contributed by atoms with Crippen LogP contribution in [0.3, 0.4) is 0 Å². The predicted molar refractivity (Wildman–Crippen MR) is 86.5 cm³/mol. The van der Waals surface area contributed by atoms with Crippen LogP contribution in [0.15, 0.2) is 35.8 Å². The van der Waals surface area contributed by atoms with Gasteiger partial charge in [0.1, 0.15) is 0 Å². The van der Waals surface area contributed by atoms with Crippen molar-refractivity contribution in [2.75, 3.05) is 17.3 Å². The average Bonchev–Trinajstić information content (AvgIpc) is 3.15. The Bertz CT molecular complexity index is 683. The fraction of sp³-hybridized carbons (Fsp3) is 0.267. The van der Waals surface area contributed by atoms with Crippen molar-refractivity contribution in [3.05, 3.63) is 41.4 Å². The number of thiazole rings is 1. The first-order chi connectivity index (χ1) is 10.6. The van der Waals surface area contributed by atoms with Crippen LogP contribution < -0.4 is 15.5 Å². The first-order valence-electron chi connectivity index (χ1n) is 6.98. The maximum Gasteiger partial charge on any atom is 0.319 e. The van der Waals surface area contributed by atoms with Gasteiger partial charge in [0.15, 0.2) is 5.13 Å². The van der Waals surface area contributed by atoms with Crippen molar-refractivity contribution in [1.29, 1.82) is 0 Å². The van der Waals surface area contributed by atoms with E-state index < -0.39 is 0 Å². The zero-order chi connectivity index (χ0) is 15.5. The van der Waals surface area contributed by atoms with E-state index in [1.165, 1.54) is 16.2 Å². The summed E-state index contributed by atoms with van der Waals surface area (Å²) in [5.74, 6) is -0.166. The topological polar surface area (TPSA) is 74.3 Å². The molecule has 0 bridgehead atoms. The van der Waals surface area contributed by atoms with Gasteiger partial charge in [0.05, 0.1) is 0 Å². The molecule has 1 fully saturated rings. The van der Waals surface area contributed by atoms with Crippen molar-refractivity contribution in [1.82, 2.24) is 10.3 Å². The summed E-state index contributed by atoms with van der Waals surface area (Å²) in [7, 11) is 1.68. The first kappa shape index (κ1) is 14.5. The Kier molecular flexibility index (Phi) is 4.06. The second-order valence-corrected chi connectivity index (χ2v) is 6.01. The normalized spacial score (nSPS) is 13.5. The third kappa shape index (κ3) is 3.43. The van der Waals surface area contributed by atoms with E-state index in [-0.39, 0.29) is 11.9 Å². The highest BCUT2D eigenvalue weighted by molar-refractivity contribution is 7.13. The summed E-state index contributed by atoms with van der Waals surface area (Å²) in [6, 6.07) is 6.94. The number of nitrogens with zero attached hydrogens (tertiary/aromatic N) is 2. The number of nitrogens with one attached hydrogen (secondary N) is 2. The van der Waals surface area contributed by atoms with E-state index in [4.69, 9.17) is 0 Å². The Morgan fingerprint density at radius 3 is 2.86 bits per heavy atom. The Hall–Kier alpha value is -2.41. The number of carbonyl (C=O) groups is 2. The van der Waals surface area contributed by atoms with Crippen molar-refractivity contribution in [2.24, 2.45) is 0 Å². The van der Waals surface area contributed by atoms with Crippen LogP contribution in [0, 0.1) is 0 Å². The minimum Gasteiger partial charge on any atom is -0.335 e. The Morgan fingerprint density at radius 2 is 2.18 bits per heavy atom. The molecule has 0 spiro atoms. The van der Waals surface area contributed by atoms with Gasteiger partial charge in [0, 0.05) is 35.9 Å². The molecule has 1 aliphatic carbocycles.